The van der Waals surface area contributed by atoms with Crippen LogP contribution in [0.3, 0.4) is 0 Å². The van der Waals surface area contributed by atoms with Gasteiger partial charge in [-0.1, -0.05) is 6.92 Å². The zero-order chi connectivity index (χ0) is 10.8. The number of aromatic nitrogens is 2. The molecule has 3 nitrogen and oxygen atoms in total. The Bertz CT molecular complexity index is 299. The minimum atomic E-state index is 0.207. The van der Waals surface area contributed by atoms with Gasteiger partial charge in [0.15, 0.2) is 0 Å². The van der Waals surface area contributed by atoms with Crippen LogP contribution in [0.5, 0.6) is 0 Å². The van der Waals surface area contributed by atoms with Crippen LogP contribution in [0.15, 0.2) is 6.07 Å². The van der Waals surface area contributed by atoms with Crippen molar-refractivity contribution in [1.29, 1.82) is 0 Å². The SMILES string of the molecule is CCC(C)(C)NCc1cc(C)nn1C. The van der Waals surface area contributed by atoms with Crippen LogP contribution in [0, 0.1) is 6.92 Å². The molecule has 1 aromatic rings. The molecule has 0 aromatic carbocycles. The average Bonchev–Trinajstić information content (AvgIpc) is 2.42. The van der Waals surface area contributed by atoms with Crippen LogP contribution in [0.2, 0.25) is 0 Å². The summed E-state index contributed by atoms with van der Waals surface area (Å²) in [6.07, 6.45) is 1.13. The lowest BCUT2D eigenvalue weighted by atomic mass is 10.0. The molecular weight excluding hydrogens is 174 g/mol. The monoisotopic (exact) mass is 195 g/mol. The van der Waals surface area contributed by atoms with E-state index in [0.717, 1.165) is 18.7 Å². The lowest BCUT2D eigenvalue weighted by molar-refractivity contribution is 0.369. The summed E-state index contributed by atoms with van der Waals surface area (Å²) >= 11 is 0. The highest BCUT2D eigenvalue weighted by Gasteiger charge is 2.14. The number of nitrogens with zero attached hydrogens (tertiary/aromatic N) is 2. The van der Waals surface area contributed by atoms with Crippen LogP contribution in [-0.2, 0) is 13.6 Å². The Morgan fingerprint density at radius 1 is 1.50 bits per heavy atom. The highest BCUT2D eigenvalue weighted by Crippen LogP contribution is 2.09. The van der Waals surface area contributed by atoms with E-state index in [4.69, 9.17) is 0 Å². The standard InChI is InChI=1S/C11H21N3/c1-6-11(3,4)12-8-10-7-9(2)13-14(10)5/h7,12H,6,8H2,1-5H3. The normalized spacial score (nSPS) is 12.1. The van der Waals surface area contributed by atoms with E-state index in [1.165, 1.54) is 5.69 Å². The van der Waals surface area contributed by atoms with Gasteiger partial charge in [-0.2, -0.15) is 5.10 Å². The van der Waals surface area contributed by atoms with Gasteiger partial charge in [0, 0.05) is 19.1 Å². The molecule has 0 unspecified atom stereocenters. The van der Waals surface area contributed by atoms with Crippen molar-refractivity contribution in [3.8, 4) is 0 Å². The molecule has 0 radical (unpaired) electrons. The fraction of sp³-hybridized carbons (Fsp3) is 0.727. The van der Waals surface area contributed by atoms with Gasteiger partial charge >= 0.3 is 0 Å². The molecule has 0 bridgehead atoms. The van der Waals surface area contributed by atoms with E-state index in [1.807, 2.05) is 18.7 Å². The Labute approximate surface area is 86.5 Å². The van der Waals surface area contributed by atoms with Gasteiger partial charge in [-0.25, -0.2) is 0 Å². The summed E-state index contributed by atoms with van der Waals surface area (Å²) in [4.78, 5) is 0. The second kappa shape index (κ2) is 4.13. The fourth-order valence-corrected chi connectivity index (χ4v) is 1.28. The maximum absolute atomic E-state index is 4.31. The molecule has 14 heavy (non-hydrogen) atoms. The average molecular weight is 195 g/mol. The van der Waals surface area contributed by atoms with Gasteiger partial charge < -0.3 is 5.32 Å². The third kappa shape index (κ3) is 2.84. The zero-order valence-corrected chi connectivity index (χ0v) is 9.89. The first-order valence-corrected chi connectivity index (χ1v) is 5.19. The van der Waals surface area contributed by atoms with Gasteiger partial charge in [0.2, 0.25) is 0 Å². The van der Waals surface area contributed by atoms with Crippen LogP contribution in [0.1, 0.15) is 38.6 Å². The minimum Gasteiger partial charge on any atom is -0.306 e. The molecular formula is C11H21N3. The van der Waals surface area contributed by atoms with Gasteiger partial charge in [0.05, 0.1) is 11.4 Å². The highest BCUT2D eigenvalue weighted by atomic mass is 15.3. The maximum Gasteiger partial charge on any atom is 0.0597 e. The topological polar surface area (TPSA) is 29.9 Å². The van der Waals surface area contributed by atoms with E-state index >= 15 is 0 Å². The first-order valence-electron chi connectivity index (χ1n) is 5.19. The summed E-state index contributed by atoms with van der Waals surface area (Å²) in [7, 11) is 1.99. The van der Waals surface area contributed by atoms with Crippen molar-refractivity contribution < 1.29 is 0 Å². The number of hydrogen-bond donors (Lipinski definition) is 1. The number of nitrogens with one attached hydrogen (secondary N) is 1. The van der Waals surface area contributed by atoms with Gasteiger partial charge in [-0.3, -0.25) is 4.68 Å². The van der Waals surface area contributed by atoms with Crippen molar-refractivity contribution in [2.75, 3.05) is 0 Å². The molecule has 3 heteroatoms. The summed E-state index contributed by atoms with van der Waals surface area (Å²) in [6, 6.07) is 2.12. The largest absolute Gasteiger partial charge is 0.306 e. The van der Waals surface area contributed by atoms with Crippen molar-refractivity contribution >= 4 is 0 Å². The third-order valence-electron chi connectivity index (χ3n) is 2.73. The summed E-state index contributed by atoms with van der Waals surface area (Å²) in [5.74, 6) is 0. The smallest absolute Gasteiger partial charge is 0.0597 e. The molecule has 0 fully saturated rings. The Balaban J connectivity index is 2.58. The van der Waals surface area contributed by atoms with Crippen LogP contribution >= 0.6 is 0 Å². The van der Waals surface area contributed by atoms with Crippen LogP contribution in [-0.4, -0.2) is 15.3 Å². The molecule has 0 spiro atoms. The second-order valence-corrected chi connectivity index (χ2v) is 4.49. The summed E-state index contributed by atoms with van der Waals surface area (Å²) in [6.45, 7) is 9.54. The van der Waals surface area contributed by atoms with E-state index < -0.39 is 0 Å². The quantitative estimate of drug-likeness (QED) is 0.796. The second-order valence-electron chi connectivity index (χ2n) is 4.49. The molecule has 1 heterocycles. The summed E-state index contributed by atoms with van der Waals surface area (Å²) in [5.41, 5.74) is 2.53. The van der Waals surface area contributed by atoms with E-state index in [0.29, 0.717) is 0 Å². The Morgan fingerprint density at radius 2 is 2.14 bits per heavy atom. The third-order valence-corrected chi connectivity index (χ3v) is 2.73. The predicted octanol–water partition coefficient (Wildman–Crippen LogP) is 2.01. The fourth-order valence-electron chi connectivity index (χ4n) is 1.28. The lowest BCUT2D eigenvalue weighted by Gasteiger charge is -2.24. The maximum atomic E-state index is 4.31. The van der Waals surface area contributed by atoms with E-state index in [2.05, 4.69) is 37.3 Å². The molecule has 1 rings (SSSR count). The molecule has 0 saturated heterocycles. The molecule has 0 aliphatic carbocycles. The van der Waals surface area contributed by atoms with Gasteiger partial charge in [0.1, 0.15) is 0 Å². The molecule has 0 atom stereocenters. The Morgan fingerprint density at radius 3 is 2.57 bits per heavy atom. The number of aryl methyl sites for hydroxylation is 2. The van der Waals surface area contributed by atoms with E-state index in [-0.39, 0.29) is 5.54 Å². The lowest BCUT2D eigenvalue weighted by Crippen LogP contribution is -2.38. The predicted molar refractivity (Wildman–Crippen MR) is 59.2 cm³/mol. The Kier molecular flexibility index (Phi) is 3.32. The van der Waals surface area contributed by atoms with Crippen molar-refractivity contribution in [2.24, 2.45) is 7.05 Å². The van der Waals surface area contributed by atoms with Crippen molar-refractivity contribution in [1.82, 2.24) is 15.1 Å². The van der Waals surface area contributed by atoms with E-state index in [1.54, 1.807) is 0 Å². The molecule has 1 N–H and O–H groups in total. The van der Waals surface area contributed by atoms with Crippen LogP contribution in [0.4, 0.5) is 0 Å². The van der Waals surface area contributed by atoms with Gasteiger partial charge in [0.25, 0.3) is 0 Å². The zero-order valence-electron chi connectivity index (χ0n) is 9.89. The molecule has 0 amide bonds. The highest BCUT2D eigenvalue weighted by molar-refractivity contribution is 5.08. The minimum absolute atomic E-state index is 0.207. The van der Waals surface area contributed by atoms with E-state index in [9.17, 15) is 0 Å². The molecule has 1 aromatic heterocycles. The summed E-state index contributed by atoms with van der Waals surface area (Å²) in [5, 5.41) is 7.83. The van der Waals surface area contributed by atoms with Gasteiger partial charge in [-0.15, -0.1) is 0 Å². The Hall–Kier alpha value is -0.830. The van der Waals surface area contributed by atoms with Gasteiger partial charge in [-0.05, 0) is 33.3 Å². The number of hydrogen-bond acceptors (Lipinski definition) is 2. The molecule has 0 aliphatic rings. The molecule has 0 aliphatic heterocycles. The first kappa shape index (κ1) is 11.2. The molecule has 80 valence electrons. The number of rotatable bonds is 4. The van der Waals surface area contributed by atoms with Crippen LogP contribution < -0.4 is 5.32 Å². The van der Waals surface area contributed by atoms with Crippen molar-refractivity contribution in [3.05, 3.63) is 17.5 Å². The summed E-state index contributed by atoms with van der Waals surface area (Å²) < 4.78 is 1.94. The van der Waals surface area contributed by atoms with Crippen LogP contribution in [0.25, 0.3) is 0 Å². The van der Waals surface area contributed by atoms with Crippen molar-refractivity contribution in [3.63, 3.8) is 0 Å². The van der Waals surface area contributed by atoms with Crippen molar-refractivity contribution in [2.45, 2.75) is 46.2 Å². The first-order chi connectivity index (χ1) is 6.44. The molecule has 0 saturated carbocycles.